The van der Waals surface area contributed by atoms with Crippen LogP contribution in [0.5, 0.6) is 0 Å². The molecule has 0 amide bonds. The standard InChI is InChI=1S/C15H23N3O2S/c1-21(19,20)18-7-2-3-12(11-18)10-17-8-6-13-4-5-14(16)9-15(13)17/h4-5,9,12H,2-3,6-8,10-11,16H2,1H3. The minimum atomic E-state index is -3.06. The summed E-state index contributed by atoms with van der Waals surface area (Å²) >= 11 is 0. The molecular formula is C15H23N3O2S. The summed E-state index contributed by atoms with van der Waals surface area (Å²) in [4.78, 5) is 2.36. The number of piperidine rings is 1. The Morgan fingerprint density at radius 3 is 2.90 bits per heavy atom. The van der Waals surface area contributed by atoms with E-state index in [1.807, 2.05) is 12.1 Å². The second-order valence-corrected chi connectivity index (χ2v) is 8.20. The van der Waals surface area contributed by atoms with Crippen LogP contribution in [0.25, 0.3) is 0 Å². The summed E-state index contributed by atoms with van der Waals surface area (Å²) in [5.74, 6) is 0.404. The molecule has 2 N–H and O–H groups in total. The maximum Gasteiger partial charge on any atom is 0.211 e. The molecule has 1 aromatic rings. The molecule has 1 fully saturated rings. The molecule has 1 saturated heterocycles. The van der Waals surface area contributed by atoms with Crippen molar-refractivity contribution in [3.8, 4) is 0 Å². The molecule has 2 heterocycles. The van der Waals surface area contributed by atoms with E-state index in [0.29, 0.717) is 19.0 Å². The van der Waals surface area contributed by atoms with Crippen LogP contribution in [0.2, 0.25) is 0 Å². The van der Waals surface area contributed by atoms with Gasteiger partial charge in [0, 0.05) is 37.6 Å². The second-order valence-electron chi connectivity index (χ2n) is 6.21. The normalized spacial score (nSPS) is 23.3. The summed E-state index contributed by atoms with van der Waals surface area (Å²) in [5, 5.41) is 0. The van der Waals surface area contributed by atoms with Crippen LogP contribution in [0, 0.1) is 5.92 Å². The van der Waals surface area contributed by atoms with Crippen LogP contribution in [0.1, 0.15) is 18.4 Å². The Balaban J connectivity index is 1.70. The average molecular weight is 309 g/mol. The fraction of sp³-hybridized carbons (Fsp3) is 0.600. The van der Waals surface area contributed by atoms with Gasteiger partial charge in [-0.05, 0) is 42.9 Å². The Morgan fingerprint density at radius 2 is 2.14 bits per heavy atom. The van der Waals surface area contributed by atoms with Crippen LogP contribution >= 0.6 is 0 Å². The first kappa shape index (κ1) is 14.7. The van der Waals surface area contributed by atoms with Crippen molar-refractivity contribution in [2.45, 2.75) is 19.3 Å². The Bertz CT molecular complexity index is 630. The van der Waals surface area contributed by atoms with E-state index in [9.17, 15) is 8.42 Å². The molecular weight excluding hydrogens is 286 g/mol. The third-order valence-electron chi connectivity index (χ3n) is 4.53. The minimum Gasteiger partial charge on any atom is -0.399 e. The zero-order valence-electron chi connectivity index (χ0n) is 12.5. The summed E-state index contributed by atoms with van der Waals surface area (Å²) in [7, 11) is -3.06. The molecule has 6 heteroatoms. The van der Waals surface area contributed by atoms with Gasteiger partial charge < -0.3 is 10.6 Å². The van der Waals surface area contributed by atoms with E-state index in [1.54, 1.807) is 4.31 Å². The average Bonchev–Trinajstić information content (AvgIpc) is 2.81. The van der Waals surface area contributed by atoms with Gasteiger partial charge in [-0.2, -0.15) is 0 Å². The number of anilines is 2. The SMILES string of the molecule is CS(=O)(=O)N1CCCC(CN2CCc3ccc(N)cc32)C1. The van der Waals surface area contributed by atoms with Crippen LogP contribution in [0.4, 0.5) is 11.4 Å². The van der Waals surface area contributed by atoms with Gasteiger partial charge in [0.05, 0.1) is 6.26 Å². The van der Waals surface area contributed by atoms with Crippen molar-refractivity contribution in [1.82, 2.24) is 4.31 Å². The van der Waals surface area contributed by atoms with Gasteiger partial charge >= 0.3 is 0 Å². The highest BCUT2D eigenvalue weighted by atomic mass is 32.2. The number of fused-ring (bicyclic) bond motifs is 1. The molecule has 0 radical (unpaired) electrons. The van der Waals surface area contributed by atoms with Crippen molar-refractivity contribution < 1.29 is 8.42 Å². The van der Waals surface area contributed by atoms with Gasteiger partial charge in [-0.3, -0.25) is 0 Å². The van der Waals surface area contributed by atoms with Gasteiger partial charge in [0.1, 0.15) is 0 Å². The van der Waals surface area contributed by atoms with Gasteiger partial charge in [0.25, 0.3) is 0 Å². The van der Waals surface area contributed by atoms with Crippen molar-refractivity contribution in [1.29, 1.82) is 0 Å². The highest BCUT2D eigenvalue weighted by molar-refractivity contribution is 7.88. The predicted octanol–water partition coefficient (Wildman–Crippen LogP) is 1.30. The molecule has 21 heavy (non-hydrogen) atoms. The number of hydrogen-bond donors (Lipinski definition) is 1. The van der Waals surface area contributed by atoms with E-state index >= 15 is 0 Å². The maximum absolute atomic E-state index is 11.7. The molecule has 5 nitrogen and oxygen atoms in total. The highest BCUT2D eigenvalue weighted by Crippen LogP contribution is 2.31. The smallest absolute Gasteiger partial charge is 0.211 e. The van der Waals surface area contributed by atoms with Crippen LogP contribution in [-0.2, 0) is 16.4 Å². The first-order valence-corrected chi connectivity index (χ1v) is 9.37. The molecule has 0 aliphatic carbocycles. The minimum absolute atomic E-state index is 0.404. The quantitative estimate of drug-likeness (QED) is 0.855. The largest absolute Gasteiger partial charge is 0.399 e. The van der Waals surface area contributed by atoms with Crippen LogP contribution < -0.4 is 10.6 Å². The summed E-state index contributed by atoms with van der Waals surface area (Å²) in [6.45, 7) is 3.24. The molecule has 0 bridgehead atoms. The van der Waals surface area contributed by atoms with Crippen LogP contribution in [0.3, 0.4) is 0 Å². The highest BCUT2D eigenvalue weighted by Gasteiger charge is 2.29. The van der Waals surface area contributed by atoms with Gasteiger partial charge in [-0.15, -0.1) is 0 Å². The number of nitrogen functional groups attached to an aromatic ring is 1. The van der Waals surface area contributed by atoms with Gasteiger partial charge in [0.15, 0.2) is 0 Å². The zero-order chi connectivity index (χ0) is 15.0. The molecule has 0 spiro atoms. The number of hydrogen-bond acceptors (Lipinski definition) is 4. The van der Waals surface area contributed by atoms with E-state index < -0.39 is 10.0 Å². The zero-order valence-corrected chi connectivity index (χ0v) is 13.3. The van der Waals surface area contributed by atoms with E-state index in [-0.39, 0.29) is 0 Å². The molecule has 3 rings (SSSR count). The van der Waals surface area contributed by atoms with E-state index in [1.165, 1.54) is 17.5 Å². The van der Waals surface area contributed by atoms with Gasteiger partial charge in [-0.1, -0.05) is 6.07 Å². The van der Waals surface area contributed by atoms with Gasteiger partial charge in [-0.25, -0.2) is 12.7 Å². The van der Waals surface area contributed by atoms with Crippen molar-refractivity contribution in [3.63, 3.8) is 0 Å². The summed E-state index contributed by atoms with van der Waals surface area (Å²) in [5.41, 5.74) is 9.26. The molecule has 2 aliphatic rings. The number of sulfonamides is 1. The molecule has 1 atom stereocenters. The van der Waals surface area contributed by atoms with Crippen molar-refractivity contribution >= 4 is 21.4 Å². The summed E-state index contributed by atoms with van der Waals surface area (Å²) in [6.07, 6.45) is 4.41. The van der Waals surface area contributed by atoms with Crippen LogP contribution in [0.15, 0.2) is 18.2 Å². The first-order chi connectivity index (χ1) is 9.93. The van der Waals surface area contributed by atoms with E-state index in [2.05, 4.69) is 11.0 Å². The maximum atomic E-state index is 11.7. The molecule has 2 aliphatic heterocycles. The molecule has 116 valence electrons. The Morgan fingerprint density at radius 1 is 1.33 bits per heavy atom. The fourth-order valence-electron chi connectivity index (χ4n) is 3.44. The number of rotatable bonds is 3. The molecule has 1 aromatic carbocycles. The summed E-state index contributed by atoms with van der Waals surface area (Å²) < 4.78 is 25.0. The van der Waals surface area contributed by atoms with Crippen molar-refractivity contribution in [3.05, 3.63) is 23.8 Å². The topological polar surface area (TPSA) is 66.6 Å². The number of nitrogens with two attached hydrogens (primary N) is 1. The van der Waals surface area contributed by atoms with Crippen LogP contribution in [-0.4, -0.2) is 45.2 Å². The van der Waals surface area contributed by atoms with Crippen molar-refractivity contribution in [2.24, 2.45) is 5.92 Å². The van der Waals surface area contributed by atoms with Gasteiger partial charge in [0.2, 0.25) is 10.0 Å². The third kappa shape index (κ3) is 3.16. The number of nitrogens with zero attached hydrogens (tertiary/aromatic N) is 2. The predicted molar refractivity (Wildman–Crippen MR) is 85.9 cm³/mol. The fourth-order valence-corrected chi connectivity index (χ4v) is 4.38. The molecule has 0 aromatic heterocycles. The second kappa shape index (κ2) is 5.50. The first-order valence-electron chi connectivity index (χ1n) is 7.52. The van der Waals surface area contributed by atoms with E-state index in [4.69, 9.17) is 5.73 Å². The van der Waals surface area contributed by atoms with E-state index in [0.717, 1.165) is 38.0 Å². The lowest BCUT2D eigenvalue weighted by Crippen LogP contribution is -2.43. The Kier molecular flexibility index (Phi) is 3.84. The Labute approximate surface area is 126 Å². The Hall–Kier alpha value is -1.27. The molecule has 0 saturated carbocycles. The monoisotopic (exact) mass is 309 g/mol. The summed E-state index contributed by atoms with van der Waals surface area (Å²) in [6, 6.07) is 6.10. The molecule has 1 unspecified atom stereocenters. The lowest BCUT2D eigenvalue weighted by atomic mass is 9.99. The third-order valence-corrected chi connectivity index (χ3v) is 5.80. The lowest BCUT2D eigenvalue weighted by Gasteiger charge is -2.34. The lowest BCUT2D eigenvalue weighted by molar-refractivity contribution is 0.270. The van der Waals surface area contributed by atoms with Crippen molar-refractivity contribution in [2.75, 3.05) is 43.1 Å². The number of benzene rings is 1.